The highest BCUT2D eigenvalue weighted by atomic mass is 32.1. The Hall–Kier alpha value is -5.59. The van der Waals surface area contributed by atoms with Crippen molar-refractivity contribution in [3.8, 4) is 17.2 Å². The summed E-state index contributed by atoms with van der Waals surface area (Å²) in [5, 5.41) is 7.94. The van der Waals surface area contributed by atoms with Gasteiger partial charge in [-0.25, -0.2) is 4.98 Å². The molecule has 0 fully saturated rings. The Kier molecular flexibility index (Phi) is 4.54. The Morgan fingerprint density at radius 2 is 1.33 bits per heavy atom. The first-order chi connectivity index (χ1) is 21.3. The van der Waals surface area contributed by atoms with Gasteiger partial charge in [-0.1, -0.05) is 91.0 Å². The molecule has 5 aromatic carbocycles. The molecule has 0 saturated heterocycles. The lowest BCUT2D eigenvalue weighted by Crippen LogP contribution is -2.03. The van der Waals surface area contributed by atoms with Crippen LogP contribution in [0.25, 0.3) is 92.2 Å². The van der Waals surface area contributed by atoms with Crippen LogP contribution in [0, 0.1) is 0 Å². The number of nitrogens with zero attached hydrogens (tertiary/aromatic N) is 4. The van der Waals surface area contributed by atoms with E-state index in [1.54, 1.807) is 0 Å². The molecule has 0 amide bonds. The van der Waals surface area contributed by atoms with Crippen LogP contribution in [0.15, 0.2) is 126 Å². The SMILES string of the molecule is c1ccc(-c2nc(-n3c4cccnc4c4c5ccccc5c5c6ccccc6sc5c43)nc3oc4ccccc4c23)cc1. The molecule has 10 rings (SSSR count). The zero-order valence-corrected chi connectivity index (χ0v) is 23.5. The van der Waals surface area contributed by atoms with Crippen LogP contribution in [0.2, 0.25) is 0 Å². The Labute approximate surface area is 248 Å². The maximum absolute atomic E-state index is 6.41. The maximum Gasteiger partial charge on any atom is 0.238 e. The Morgan fingerprint density at radius 1 is 0.605 bits per heavy atom. The number of benzene rings is 5. The third kappa shape index (κ3) is 3.07. The summed E-state index contributed by atoms with van der Waals surface area (Å²) in [6, 6.07) is 39.8. The Balaban J connectivity index is 1.45. The summed E-state index contributed by atoms with van der Waals surface area (Å²) >= 11 is 1.81. The predicted octanol–water partition coefficient (Wildman–Crippen LogP) is 10.1. The molecule has 0 radical (unpaired) electrons. The fraction of sp³-hybridized carbons (Fsp3) is 0. The van der Waals surface area contributed by atoms with E-state index >= 15 is 0 Å². The largest absolute Gasteiger partial charge is 0.437 e. The van der Waals surface area contributed by atoms with Gasteiger partial charge >= 0.3 is 0 Å². The molecule has 6 heteroatoms. The number of aromatic nitrogens is 4. The standard InChI is InChI=1S/C37H20N4OS/c1-2-11-21(12-3-1)32-31-24-15-6-8-18-27(24)42-36(31)40-37(39-32)41-26-17-10-20-38-33(26)30-23-14-5-4-13-22(23)29-25-16-7-9-19-28(25)43-35(29)34(30)41/h1-20H. The number of hydrogen-bond donors (Lipinski definition) is 0. The van der Waals surface area contributed by atoms with Crippen LogP contribution in [0.1, 0.15) is 0 Å². The molecule has 10 aromatic rings. The van der Waals surface area contributed by atoms with Gasteiger partial charge in [0.05, 0.1) is 32.3 Å². The smallest absolute Gasteiger partial charge is 0.238 e. The zero-order chi connectivity index (χ0) is 28.1. The highest BCUT2D eigenvalue weighted by molar-refractivity contribution is 7.27. The van der Waals surface area contributed by atoms with Crippen LogP contribution in [0.4, 0.5) is 0 Å². The molecule has 0 unspecified atom stereocenters. The van der Waals surface area contributed by atoms with Gasteiger partial charge in [0.2, 0.25) is 11.7 Å². The summed E-state index contributed by atoms with van der Waals surface area (Å²) < 4.78 is 11.0. The molecule has 5 nitrogen and oxygen atoms in total. The molecule has 0 spiro atoms. The maximum atomic E-state index is 6.41. The van der Waals surface area contributed by atoms with Crippen LogP contribution in [0.5, 0.6) is 0 Å². The quantitative estimate of drug-likeness (QED) is 0.208. The average Bonchev–Trinajstić information content (AvgIpc) is 3.74. The molecule has 0 aliphatic carbocycles. The molecule has 200 valence electrons. The number of furan rings is 1. The first-order valence-electron chi connectivity index (χ1n) is 14.2. The van der Waals surface area contributed by atoms with Gasteiger partial charge in [0.1, 0.15) is 5.58 Å². The van der Waals surface area contributed by atoms with Crippen LogP contribution in [0.3, 0.4) is 0 Å². The van der Waals surface area contributed by atoms with Gasteiger partial charge in [0.25, 0.3) is 0 Å². The number of thiophene rings is 1. The van der Waals surface area contributed by atoms with Gasteiger partial charge in [0, 0.05) is 38.0 Å². The second-order valence-electron chi connectivity index (χ2n) is 10.8. The molecule has 0 N–H and O–H groups in total. The minimum Gasteiger partial charge on any atom is -0.437 e. The van der Waals surface area contributed by atoms with E-state index in [1.165, 1.54) is 30.9 Å². The summed E-state index contributed by atoms with van der Waals surface area (Å²) in [4.78, 5) is 15.4. The molecule has 0 aliphatic heterocycles. The van der Waals surface area contributed by atoms with Gasteiger partial charge in [-0.05, 0) is 35.0 Å². The summed E-state index contributed by atoms with van der Waals surface area (Å²) in [6.07, 6.45) is 1.87. The second-order valence-corrected chi connectivity index (χ2v) is 11.8. The lowest BCUT2D eigenvalue weighted by atomic mass is 10.00. The normalized spacial score (nSPS) is 12.2. The minimum absolute atomic E-state index is 0.562. The van der Waals surface area contributed by atoms with Crippen LogP contribution in [-0.4, -0.2) is 19.5 Å². The molecular formula is C37H20N4OS. The summed E-state index contributed by atoms with van der Waals surface area (Å²) in [5.41, 5.74) is 6.18. The van der Waals surface area contributed by atoms with E-state index in [2.05, 4.69) is 77.4 Å². The molecule has 0 saturated carbocycles. The highest BCUT2D eigenvalue weighted by Crippen LogP contribution is 2.47. The van der Waals surface area contributed by atoms with E-state index in [1.807, 2.05) is 60.0 Å². The summed E-state index contributed by atoms with van der Waals surface area (Å²) in [6.45, 7) is 0. The van der Waals surface area contributed by atoms with E-state index in [0.717, 1.165) is 49.5 Å². The van der Waals surface area contributed by atoms with Crippen molar-refractivity contribution >= 4 is 86.3 Å². The van der Waals surface area contributed by atoms with Crippen LogP contribution >= 0.6 is 11.3 Å². The molecule has 0 aliphatic rings. The van der Waals surface area contributed by atoms with Crippen molar-refractivity contribution in [2.24, 2.45) is 0 Å². The fourth-order valence-electron chi connectivity index (χ4n) is 6.71. The lowest BCUT2D eigenvalue weighted by molar-refractivity contribution is 0.651. The third-order valence-corrected chi connectivity index (χ3v) is 9.65. The predicted molar refractivity (Wildman–Crippen MR) is 177 cm³/mol. The topological polar surface area (TPSA) is 56.7 Å². The van der Waals surface area contributed by atoms with Gasteiger partial charge in [-0.3, -0.25) is 9.55 Å². The number of para-hydroxylation sites is 1. The number of rotatable bonds is 2. The van der Waals surface area contributed by atoms with E-state index in [-0.39, 0.29) is 0 Å². The van der Waals surface area contributed by atoms with E-state index < -0.39 is 0 Å². The first-order valence-corrected chi connectivity index (χ1v) is 15.0. The van der Waals surface area contributed by atoms with Crippen LogP contribution in [-0.2, 0) is 0 Å². The van der Waals surface area contributed by atoms with Gasteiger partial charge < -0.3 is 4.42 Å². The molecule has 5 heterocycles. The molecule has 5 aromatic heterocycles. The molecule has 43 heavy (non-hydrogen) atoms. The van der Waals surface area contributed by atoms with Gasteiger partial charge in [0.15, 0.2) is 0 Å². The second kappa shape index (κ2) is 8.47. The Bertz CT molecular complexity index is 2740. The van der Waals surface area contributed by atoms with E-state index in [9.17, 15) is 0 Å². The molecular weight excluding hydrogens is 549 g/mol. The van der Waals surface area contributed by atoms with Crippen molar-refractivity contribution < 1.29 is 4.42 Å². The third-order valence-electron chi connectivity index (χ3n) is 8.48. The summed E-state index contributed by atoms with van der Waals surface area (Å²) in [5.74, 6) is 0.562. The monoisotopic (exact) mass is 568 g/mol. The lowest BCUT2D eigenvalue weighted by Gasteiger charge is -2.10. The molecule has 0 atom stereocenters. The van der Waals surface area contributed by atoms with Gasteiger partial charge in [-0.15, -0.1) is 11.3 Å². The summed E-state index contributed by atoms with van der Waals surface area (Å²) in [7, 11) is 0. The Morgan fingerprint density at radius 3 is 2.19 bits per heavy atom. The van der Waals surface area contributed by atoms with Crippen molar-refractivity contribution in [2.75, 3.05) is 0 Å². The zero-order valence-electron chi connectivity index (χ0n) is 22.7. The number of hydrogen-bond acceptors (Lipinski definition) is 5. The minimum atomic E-state index is 0.562. The number of pyridine rings is 1. The average molecular weight is 569 g/mol. The van der Waals surface area contributed by atoms with Gasteiger partial charge in [-0.2, -0.15) is 4.98 Å². The van der Waals surface area contributed by atoms with Crippen molar-refractivity contribution in [1.29, 1.82) is 0 Å². The van der Waals surface area contributed by atoms with E-state index in [4.69, 9.17) is 19.4 Å². The fourth-order valence-corrected chi connectivity index (χ4v) is 7.97. The highest BCUT2D eigenvalue weighted by Gasteiger charge is 2.25. The van der Waals surface area contributed by atoms with Crippen molar-refractivity contribution in [1.82, 2.24) is 19.5 Å². The van der Waals surface area contributed by atoms with Crippen molar-refractivity contribution in [3.63, 3.8) is 0 Å². The van der Waals surface area contributed by atoms with Crippen LogP contribution < -0.4 is 0 Å². The van der Waals surface area contributed by atoms with E-state index in [0.29, 0.717) is 11.7 Å². The molecule has 0 bridgehead atoms. The first kappa shape index (κ1) is 23.0. The van der Waals surface area contributed by atoms with Crippen molar-refractivity contribution in [2.45, 2.75) is 0 Å². The number of fused-ring (bicyclic) bond motifs is 13. The van der Waals surface area contributed by atoms with Crippen molar-refractivity contribution in [3.05, 3.63) is 121 Å².